The van der Waals surface area contributed by atoms with E-state index in [1.54, 1.807) is 0 Å². The van der Waals surface area contributed by atoms with Gasteiger partial charge in [-0.25, -0.2) is 18.5 Å². The number of nitrogens with two attached hydrogens (primary N) is 1. The van der Waals surface area contributed by atoms with E-state index in [1.165, 1.54) is 16.7 Å². The van der Waals surface area contributed by atoms with Crippen LogP contribution in [0.25, 0.3) is 11.1 Å². The number of rotatable bonds is 5. The van der Waals surface area contributed by atoms with Crippen LogP contribution in [0, 0.1) is 5.92 Å². The van der Waals surface area contributed by atoms with Gasteiger partial charge in [0.15, 0.2) is 0 Å². The fourth-order valence-corrected chi connectivity index (χ4v) is 5.78. The lowest BCUT2D eigenvalue weighted by atomic mass is 9.81. The van der Waals surface area contributed by atoms with Crippen molar-refractivity contribution in [1.82, 2.24) is 9.55 Å². The number of imidazole rings is 1. The number of aromatic nitrogens is 2. The summed E-state index contributed by atoms with van der Waals surface area (Å²) < 4.78 is 25.3. The molecule has 2 aromatic rings. The number of sulfonamides is 1. The Morgan fingerprint density at radius 2 is 1.89 bits per heavy atom. The molecule has 0 spiro atoms. The zero-order chi connectivity index (χ0) is 19.9. The van der Waals surface area contributed by atoms with Crippen molar-refractivity contribution in [2.75, 3.05) is 0 Å². The lowest BCUT2D eigenvalue weighted by Crippen LogP contribution is -2.35. The summed E-state index contributed by atoms with van der Waals surface area (Å²) in [4.78, 5) is 4.30. The van der Waals surface area contributed by atoms with E-state index in [-0.39, 0.29) is 12.0 Å². The normalized spacial score (nSPS) is 26.3. The molecule has 1 aromatic carbocycles. The molecule has 1 aromatic heterocycles. The third-order valence-electron chi connectivity index (χ3n) is 6.40. The molecule has 1 aliphatic carbocycles. The van der Waals surface area contributed by atoms with Crippen molar-refractivity contribution in [3.63, 3.8) is 0 Å². The number of aliphatic hydroxyl groups excluding tert-OH is 1. The highest BCUT2D eigenvalue weighted by Gasteiger charge is 2.36. The smallest absolute Gasteiger partial charge is 0.211 e. The average Bonchev–Trinajstić information content (AvgIpc) is 3.25. The Labute approximate surface area is 166 Å². The van der Waals surface area contributed by atoms with Crippen molar-refractivity contribution in [2.24, 2.45) is 11.1 Å². The van der Waals surface area contributed by atoms with E-state index >= 15 is 0 Å². The maximum atomic E-state index is 11.6. The van der Waals surface area contributed by atoms with Crippen molar-refractivity contribution < 1.29 is 13.5 Å². The predicted molar refractivity (Wildman–Crippen MR) is 110 cm³/mol. The summed E-state index contributed by atoms with van der Waals surface area (Å²) in [5.74, 6) is 0.0999. The first-order valence-electron chi connectivity index (χ1n) is 9.84. The lowest BCUT2D eigenvalue weighted by Gasteiger charge is -2.32. The number of hydrogen-bond acceptors (Lipinski definition) is 4. The van der Waals surface area contributed by atoms with Crippen LogP contribution in [-0.2, 0) is 10.0 Å². The number of aliphatic hydroxyl groups is 1. The zero-order valence-electron chi connectivity index (χ0n) is 16.0. The average molecular weight is 402 g/mol. The Morgan fingerprint density at radius 3 is 2.54 bits per heavy atom. The van der Waals surface area contributed by atoms with Crippen LogP contribution in [0.5, 0.6) is 0 Å². The van der Waals surface area contributed by atoms with Gasteiger partial charge in [-0.1, -0.05) is 30.3 Å². The molecule has 2 atom stereocenters. The first-order valence-corrected chi connectivity index (χ1v) is 11.4. The number of allylic oxidation sites excluding steroid dienone is 2. The molecule has 2 unspecified atom stereocenters. The van der Waals surface area contributed by atoms with E-state index in [2.05, 4.69) is 28.6 Å². The van der Waals surface area contributed by atoms with Crippen LogP contribution < -0.4 is 5.14 Å². The topological polar surface area (TPSA) is 98.2 Å². The number of nitrogens with zero attached hydrogens (tertiary/aromatic N) is 2. The number of benzene rings is 1. The molecule has 28 heavy (non-hydrogen) atoms. The Balaban J connectivity index is 1.53. The molecule has 1 fully saturated rings. The van der Waals surface area contributed by atoms with Gasteiger partial charge in [0.25, 0.3) is 0 Å². The highest BCUT2D eigenvalue weighted by Crippen LogP contribution is 2.45. The minimum Gasteiger partial charge on any atom is -0.393 e. The van der Waals surface area contributed by atoms with Crippen LogP contribution in [0.3, 0.4) is 0 Å². The summed E-state index contributed by atoms with van der Waals surface area (Å²) in [7, 11) is -3.48. The minimum absolute atomic E-state index is 0.0332. The van der Waals surface area contributed by atoms with E-state index in [9.17, 15) is 13.5 Å². The first kappa shape index (κ1) is 19.4. The van der Waals surface area contributed by atoms with Crippen molar-refractivity contribution >= 4 is 21.2 Å². The van der Waals surface area contributed by atoms with E-state index in [4.69, 9.17) is 5.14 Å². The molecule has 0 saturated heterocycles. The lowest BCUT2D eigenvalue weighted by molar-refractivity contribution is 0.0704. The second kappa shape index (κ2) is 7.46. The van der Waals surface area contributed by atoms with Gasteiger partial charge in [-0.3, -0.25) is 0 Å². The Kier molecular flexibility index (Phi) is 5.16. The van der Waals surface area contributed by atoms with Gasteiger partial charge in [0.2, 0.25) is 10.0 Å². The molecule has 1 saturated carbocycles. The summed E-state index contributed by atoms with van der Waals surface area (Å²) in [5, 5.41) is 15.8. The molecule has 1 aliphatic heterocycles. The SMILES string of the molecule is CC1=C(c2ccccc2)C(CC(O)C2CCC(S(N)(=O)=O)CC2)n2cncc21. The third-order valence-corrected chi connectivity index (χ3v) is 7.80. The largest absolute Gasteiger partial charge is 0.393 e. The van der Waals surface area contributed by atoms with E-state index in [0.717, 1.165) is 5.69 Å². The van der Waals surface area contributed by atoms with Crippen LogP contribution in [0.1, 0.15) is 56.3 Å². The molecule has 2 heterocycles. The van der Waals surface area contributed by atoms with Crippen molar-refractivity contribution in [2.45, 2.75) is 56.4 Å². The quantitative estimate of drug-likeness (QED) is 0.805. The molecule has 3 N–H and O–H groups in total. The molecule has 7 heteroatoms. The molecule has 0 bridgehead atoms. The van der Waals surface area contributed by atoms with Crippen LogP contribution >= 0.6 is 0 Å². The highest BCUT2D eigenvalue weighted by atomic mass is 32.2. The van der Waals surface area contributed by atoms with E-state index < -0.39 is 21.4 Å². The van der Waals surface area contributed by atoms with Crippen molar-refractivity contribution in [1.29, 1.82) is 0 Å². The summed E-state index contributed by atoms with van der Waals surface area (Å²) >= 11 is 0. The van der Waals surface area contributed by atoms with Gasteiger partial charge in [0.1, 0.15) is 0 Å². The maximum Gasteiger partial charge on any atom is 0.211 e. The highest BCUT2D eigenvalue weighted by molar-refractivity contribution is 7.89. The van der Waals surface area contributed by atoms with E-state index in [0.29, 0.717) is 32.1 Å². The molecule has 2 aliphatic rings. The van der Waals surface area contributed by atoms with Gasteiger partial charge in [0.05, 0.1) is 35.6 Å². The fourth-order valence-electron chi connectivity index (χ4n) is 4.85. The molecule has 0 amide bonds. The van der Waals surface area contributed by atoms with Crippen LogP contribution in [0.4, 0.5) is 0 Å². The van der Waals surface area contributed by atoms with E-state index in [1.807, 2.05) is 30.7 Å². The second-order valence-electron chi connectivity index (χ2n) is 8.04. The van der Waals surface area contributed by atoms with Crippen molar-refractivity contribution in [3.8, 4) is 0 Å². The van der Waals surface area contributed by atoms with Gasteiger partial charge in [-0.05, 0) is 61.7 Å². The summed E-state index contributed by atoms with van der Waals surface area (Å²) in [6.07, 6.45) is 6.25. The predicted octanol–water partition coefficient (Wildman–Crippen LogP) is 2.97. The molecule has 6 nitrogen and oxygen atoms in total. The standard InChI is InChI=1S/C21H27N3O3S/c1-14-19-12-23-13-24(19)18(21(14)16-5-3-2-4-6-16)11-20(25)15-7-9-17(10-8-15)28(22,26)27/h2-6,12-13,15,17-18,20,25H,7-11H2,1H3,(H2,22,26,27). The Morgan fingerprint density at radius 1 is 1.21 bits per heavy atom. The molecule has 0 radical (unpaired) electrons. The minimum atomic E-state index is -3.48. The zero-order valence-corrected chi connectivity index (χ0v) is 16.8. The van der Waals surface area contributed by atoms with Gasteiger partial charge in [-0.15, -0.1) is 0 Å². The number of primary sulfonamides is 1. The maximum absolute atomic E-state index is 11.6. The van der Waals surface area contributed by atoms with Gasteiger partial charge in [-0.2, -0.15) is 0 Å². The summed E-state index contributed by atoms with van der Waals surface area (Å²) in [5.41, 5.74) is 4.68. The Bertz CT molecular complexity index is 973. The third kappa shape index (κ3) is 3.54. The molecule has 150 valence electrons. The Hall–Kier alpha value is -1.96. The summed E-state index contributed by atoms with van der Waals surface area (Å²) in [6.45, 7) is 2.11. The second-order valence-corrected chi connectivity index (χ2v) is 9.88. The fraction of sp³-hybridized carbons (Fsp3) is 0.476. The first-order chi connectivity index (χ1) is 13.4. The summed E-state index contributed by atoms with van der Waals surface area (Å²) in [6, 6.07) is 10.3. The van der Waals surface area contributed by atoms with Gasteiger partial charge >= 0.3 is 0 Å². The van der Waals surface area contributed by atoms with Crippen LogP contribution in [0.15, 0.2) is 42.9 Å². The van der Waals surface area contributed by atoms with Crippen molar-refractivity contribution in [3.05, 3.63) is 54.1 Å². The molecule has 4 rings (SSSR count). The monoisotopic (exact) mass is 401 g/mol. The number of hydrogen-bond donors (Lipinski definition) is 2. The molecular weight excluding hydrogens is 374 g/mol. The number of fused-ring (bicyclic) bond motifs is 1. The van der Waals surface area contributed by atoms with Gasteiger partial charge in [0, 0.05) is 0 Å². The van der Waals surface area contributed by atoms with Crippen LogP contribution in [-0.4, -0.2) is 34.4 Å². The van der Waals surface area contributed by atoms with Gasteiger partial charge < -0.3 is 9.67 Å². The molecular formula is C21H27N3O3S. The van der Waals surface area contributed by atoms with Crippen LogP contribution in [0.2, 0.25) is 0 Å².